The van der Waals surface area contributed by atoms with Crippen LogP contribution < -0.4 is 14.8 Å². The first-order valence-corrected chi connectivity index (χ1v) is 12.3. The molecule has 170 valence electrons. The minimum absolute atomic E-state index is 0.0665. The Bertz CT molecular complexity index is 1220. The first-order chi connectivity index (χ1) is 16.0. The number of sulfonamides is 1. The van der Waals surface area contributed by atoms with Gasteiger partial charge in [-0.15, -0.1) is 0 Å². The van der Waals surface area contributed by atoms with E-state index in [1.54, 1.807) is 30.3 Å². The smallest absolute Gasteiger partial charge is 0.244 e. The summed E-state index contributed by atoms with van der Waals surface area (Å²) in [6.45, 7) is 0.783. The zero-order chi connectivity index (χ0) is 23.1. The molecule has 0 unspecified atom stereocenters. The number of hydrogen-bond donors (Lipinski definition) is 2. The molecule has 3 aromatic carbocycles. The van der Waals surface area contributed by atoms with Crippen molar-refractivity contribution in [2.75, 3.05) is 0 Å². The SMILES string of the molecule is O=C(/C=C/c1cccc(OCc2ccccc2)c1)NCc1ccc(S(=O)(=O)NC2CC2)cc1. The number of hydrogen-bond acceptors (Lipinski definition) is 4. The molecule has 0 radical (unpaired) electrons. The topological polar surface area (TPSA) is 84.5 Å². The quantitative estimate of drug-likeness (QED) is 0.446. The van der Waals surface area contributed by atoms with Crippen LogP contribution in [0.1, 0.15) is 29.5 Å². The summed E-state index contributed by atoms with van der Waals surface area (Å²) in [7, 11) is -3.47. The molecular formula is C26H26N2O4S. The van der Waals surface area contributed by atoms with Gasteiger partial charge < -0.3 is 10.1 Å². The lowest BCUT2D eigenvalue weighted by molar-refractivity contribution is -0.116. The number of carbonyl (C=O) groups is 1. The van der Waals surface area contributed by atoms with Gasteiger partial charge in [-0.2, -0.15) is 0 Å². The Morgan fingerprint density at radius 2 is 1.70 bits per heavy atom. The van der Waals surface area contributed by atoms with Crippen LogP contribution in [0.4, 0.5) is 0 Å². The number of rotatable bonds is 10. The van der Waals surface area contributed by atoms with Crippen LogP contribution in [0.15, 0.2) is 89.8 Å². The zero-order valence-electron chi connectivity index (χ0n) is 18.1. The van der Waals surface area contributed by atoms with Gasteiger partial charge in [0.1, 0.15) is 12.4 Å². The van der Waals surface area contributed by atoms with Crippen LogP contribution in [0.5, 0.6) is 5.75 Å². The van der Waals surface area contributed by atoms with Gasteiger partial charge in [0.25, 0.3) is 0 Å². The summed E-state index contributed by atoms with van der Waals surface area (Å²) in [5.41, 5.74) is 2.76. The van der Waals surface area contributed by atoms with Crippen molar-refractivity contribution in [3.8, 4) is 5.75 Å². The van der Waals surface area contributed by atoms with Gasteiger partial charge in [0.05, 0.1) is 4.90 Å². The molecule has 6 nitrogen and oxygen atoms in total. The molecule has 0 heterocycles. The normalized spacial score (nSPS) is 13.7. The minimum atomic E-state index is -3.47. The van der Waals surface area contributed by atoms with E-state index in [1.165, 1.54) is 6.08 Å². The van der Waals surface area contributed by atoms with Crippen LogP contribution in [-0.4, -0.2) is 20.4 Å². The maximum atomic E-state index is 12.2. The summed E-state index contributed by atoms with van der Waals surface area (Å²) in [6, 6.07) is 24.1. The van der Waals surface area contributed by atoms with E-state index in [2.05, 4.69) is 10.0 Å². The fraction of sp³-hybridized carbons (Fsp3) is 0.192. The van der Waals surface area contributed by atoms with E-state index >= 15 is 0 Å². The van der Waals surface area contributed by atoms with Gasteiger partial charge in [-0.05, 0) is 59.9 Å². The second kappa shape index (κ2) is 10.5. The van der Waals surface area contributed by atoms with Crippen molar-refractivity contribution in [3.63, 3.8) is 0 Å². The Hall–Kier alpha value is -3.42. The molecule has 1 aliphatic carbocycles. The molecule has 1 aliphatic rings. The summed E-state index contributed by atoms with van der Waals surface area (Å²) in [4.78, 5) is 12.4. The molecule has 0 bridgehead atoms. The van der Waals surface area contributed by atoms with E-state index < -0.39 is 10.0 Å². The monoisotopic (exact) mass is 462 g/mol. The number of carbonyl (C=O) groups excluding carboxylic acids is 1. The lowest BCUT2D eigenvalue weighted by Crippen LogP contribution is -2.25. The van der Waals surface area contributed by atoms with E-state index in [4.69, 9.17) is 4.74 Å². The molecule has 0 saturated heterocycles. The largest absolute Gasteiger partial charge is 0.489 e. The van der Waals surface area contributed by atoms with Gasteiger partial charge >= 0.3 is 0 Å². The highest BCUT2D eigenvalue weighted by Crippen LogP contribution is 2.22. The molecule has 1 fully saturated rings. The minimum Gasteiger partial charge on any atom is -0.489 e. The van der Waals surface area contributed by atoms with Crippen LogP contribution in [-0.2, 0) is 28.0 Å². The van der Waals surface area contributed by atoms with Crippen molar-refractivity contribution in [2.45, 2.75) is 36.9 Å². The third kappa shape index (κ3) is 7.03. The Morgan fingerprint density at radius 1 is 0.939 bits per heavy atom. The Morgan fingerprint density at radius 3 is 2.42 bits per heavy atom. The van der Waals surface area contributed by atoms with Crippen molar-refractivity contribution in [2.24, 2.45) is 0 Å². The molecule has 0 atom stereocenters. The van der Waals surface area contributed by atoms with Crippen molar-refractivity contribution >= 4 is 22.0 Å². The molecule has 0 spiro atoms. The summed E-state index contributed by atoms with van der Waals surface area (Å²) >= 11 is 0. The first kappa shape index (κ1) is 22.8. The molecule has 1 amide bonds. The van der Waals surface area contributed by atoms with Crippen molar-refractivity contribution in [1.29, 1.82) is 0 Å². The molecule has 1 saturated carbocycles. The highest BCUT2D eigenvalue weighted by Gasteiger charge is 2.27. The predicted octanol–water partition coefficient (Wildman–Crippen LogP) is 4.04. The summed E-state index contributed by atoms with van der Waals surface area (Å²) in [5.74, 6) is 0.491. The fourth-order valence-electron chi connectivity index (χ4n) is 3.14. The van der Waals surface area contributed by atoms with Crippen molar-refractivity contribution < 1.29 is 17.9 Å². The summed E-state index contributed by atoms with van der Waals surface area (Å²) < 4.78 is 32.9. The maximum Gasteiger partial charge on any atom is 0.244 e. The average molecular weight is 463 g/mol. The number of amides is 1. The van der Waals surface area contributed by atoms with E-state index in [0.717, 1.165) is 35.3 Å². The number of nitrogens with one attached hydrogen (secondary N) is 2. The molecular weight excluding hydrogens is 436 g/mol. The second-order valence-electron chi connectivity index (χ2n) is 7.94. The first-order valence-electron chi connectivity index (χ1n) is 10.8. The Labute approximate surface area is 194 Å². The lowest BCUT2D eigenvalue weighted by Gasteiger charge is -2.07. The van der Waals surface area contributed by atoms with Crippen LogP contribution >= 0.6 is 0 Å². The highest BCUT2D eigenvalue weighted by atomic mass is 32.2. The van der Waals surface area contributed by atoms with E-state index in [9.17, 15) is 13.2 Å². The van der Waals surface area contributed by atoms with Gasteiger partial charge in [-0.3, -0.25) is 4.79 Å². The molecule has 2 N–H and O–H groups in total. The standard InChI is InChI=1S/C26H26N2O4S/c29-26(27-18-21-9-14-25(15-10-21)33(30,31)28-23-12-13-23)16-11-20-7-4-8-24(17-20)32-19-22-5-2-1-3-6-22/h1-11,14-17,23,28H,12-13,18-19H2,(H,27,29)/b16-11+. The van der Waals surface area contributed by atoms with Crippen LogP contribution in [0, 0.1) is 0 Å². The van der Waals surface area contributed by atoms with Crippen LogP contribution in [0.25, 0.3) is 6.08 Å². The molecule has 7 heteroatoms. The summed E-state index contributed by atoms with van der Waals surface area (Å²) in [6.07, 6.45) is 4.97. The van der Waals surface area contributed by atoms with Crippen molar-refractivity contribution in [1.82, 2.24) is 10.0 Å². The number of benzene rings is 3. The molecule has 0 aliphatic heterocycles. The third-order valence-corrected chi connectivity index (χ3v) is 6.67. The maximum absolute atomic E-state index is 12.2. The van der Waals surface area contributed by atoms with Crippen molar-refractivity contribution in [3.05, 3.63) is 102 Å². The number of ether oxygens (including phenoxy) is 1. The lowest BCUT2D eigenvalue weighted by atomic mass is 10.2. The molecule has 0 aromatic heterocycles. The van der Waals surface area contributed by atoms with E-state index in [0.29, 0.717) is 13.2 Å². The van der Waals surface area contributed by atoms with Gasteiger partial charge in [0.2, 0.25) is 15.9 Å². The van der Waals surface area contributed by atoms with Crippen LogP contribution in [0.3, 0.4) is 0 Å². The van der Waals surface area contributed by atoms with Gasteiger partial charge in [0.15, 0.2) is 0 Å². The average Bonchev–Trinajstić information content (AvgIpc) is 3.65. The summed E-state index contributed by atoms with van der Waals surface area (Å²) in [5, 5.41) is 2.81. The Kier molecular flexibility index (Phi) is 7.22. The van der Waals surface area contributed by atoms with Gasteiger partial charge in [0, 0.05) is 18.7 Å². The van der Waals surface area contributed by atoms with Gasteiger partial charge in [-0.25, -0.2) is 13.1 Å². The van der Waals surface area contributed by atoms with Gasteiger partial charge in [-0.1, -0.05) is 54.6 Å². The van der Waals surface area contributed by atoms with Crippen LogP contribution in [0.2, 0.25) is 0 Å². The molecule has 33 heavy (non-hydrogen) atoms. The highest BCUT2D eigenvalue weighted by molar-refractivity contribution is 7.89. The second-order valence-corrected chi connectivity index (χ2v) is 9.65. The van der Waals surface area contributed by atoms with E-state index in [-0.39, 0.29) is 16.8 Å². The fourth-order valence-corrected chi connectivity index (χ4v) is 4.45. The van der Waals surface area contributed by atoms with E-state index in [1.807, 2.05) is 54.6 Å². The predicted molar refractivity (Wildman–Crippen MR) is 128 cm³/mol. The third-order valence-electron chi connectivity index (χ3n) is 5.13. The molecule has 4 rings (SSSR count). The Balaban J connectivity index is 1.26. The molecule has 3 aromatic rings. The zero-order valence-corrected chi connectivity index (χ0v) is 18.9.